The van der Waals surface area contributed by atoms with Gasteiger partial charge in [-0.05, 0) is 48.9 Å². The minimum atomic E-state index is 0.707. The Morgan fingerprint density at radius 3 is 2.67 bits per heavy atom. The number of benzene rings is 1. The van der Waals surface area contributed by atoms with Gasteiger partial charge in [0.25, 0.3) is 0 Å². The lowest BCUT2D eigenvalue weighted by molar-refractivity contribution is 0.306. The zero-order valence-electron chi connectivity index (χ0n) is 10.9. The van der Waals surface area contributed by atoms with Crippen molar-refractivity contribution < 1.29 is 0 Å². The first kappa shape index (κ1) is 14.2. The molecule has 0 aliphatic heterocycles. The minimum Gasteiger partial charge on any atom is -0.330 e. The third kappa shape index (κ3) is 3.91. The fourth-order valence-electron chi connectivity index (χ4n) is 2.65. The predicted octanol–water partition coefficient (Wildman–Crippen LogP) is 4.34. The van der Waals surface area contributed by atoms with Gasteiger partial charge in [0.05, 0.1) is 0 Å². The number of hydrogen-bond acceptors (Lipinski definition) is 2. The maximum absolute atomic E-state index is 5.90. The molecule has 18 heavy (non-hydrogen) atoms. The molecule has 1 aromatic rings. The summed E-state index contributed by atoms with van der Waals surface area (Å²) in [4.78, 5) is 0. The summed E-state index contributed by atoms with van der Waals surface area (Å²) in [5.74, 6) is 2.64. The van der Waals surface area contributed by atoms with Gasteiger partial charge < -0.3 is 5.73 Å². The van der Waals surface area contributed by atoms with E-state index in [1.165, 1.54) is 24.8 Å². The number of halogens is 1. The highest BCUT2D eigenvalue weighted by Crippen LogP contribution is 2.37. The van der Waals surface area contributed by atoms with Crippen LogP contribution in [-0.4, -0.2) is 11.8 Å². The minimum absolute atomic E-state index is 0.707. The summed E-state index contributed by atoms with van der Waals surface area (Å²) < 4.78 is 0. The molecule has 1 nitrogen and oxygen atoms in total. The van der Waals surface area contributed by atoms with Gasteiger partial charge in [0.1, 0.15) is 0 Å². The molecule has 1 aliphatic rings. The molecule has 3 heteroatoms. The molecule has 2 N–H and O–H groups in total. The van der Waals surface area contributed by atoms with Crippen LogP contribution in [0, 0.1) is 11.8 Å². The smallest absolute Gasteiger partial charge is 0.0406 e. The second kappa shape index (κ2) is 6.83. The van der Waals surface area contributed by atoms with Crippen LogP contribution >= 0.6 is 23.4 Å². The molecule has 3 atom stereocenters. The lowest BCUT2D eigenvalue weighted by Gasteiger charge is -2.33. The molecule has 0 spiro atoms. The highest BCUT2D eigenvalue weighted by atomic mass is 35.5. The van der Waals surface area contributed by atoms with Crippen LogP contribution in [0.25, 0.3) is 0 Å². The van der Waals surface area contributed by atoms with Gasteiger partial charge in [0, 0.05) is 16.0 Å². The van der Waals surface area contributed by atoms with E-state index in [0.29, 0.717) is 5.92 Å². The monoisotopic (exact) mass is 283 g/mol. The zero-order chi connectivity index (χ0) is 13.0. The first-order chi connectivity index (χ1) is 8.69. The van der Waals surface area contributed by atoms with Gasteiger partial charge in [-0.1, -0.05) is 37.1 Å². The van der Waals surface area contributed by atoms with Gasteiger partial charge in [-0.25, -0.2) is 0 Å². The van der Waals surface area contributed by atoms with Crippen LogP contribution < -0.4 is 5.73 Å². The molecule has 0 radical (unpaired) electrons. The Kier molecular flexibility index (Phi) is 5.40. The van der Waals surface area contributed by atoms with Crippen LogP contribution in [0.15, 0.2) is 24.3 Å². The molecule has 1 aromatic carbocycles. The lowest BCUT2D eigenvalue weighted by atomic mass is 9.82. The standard InChI is InChI=1S/C15H22ClNS/c1-11-2-5-13(9-17)15(8-11)18-10-12-3-6-14(16)7-4-12/h3-4,6-7,11,13,15H,2,5,8-10,17H2,1H3. The summed E-state index contributed by atoms with van der Waals surface area (Å²) in [5.41, 5.74) is 7.26. The van der Waals surface area contributed by atoms with Gasteiger partial charge in [-0.15, -0.1) is 0 Å². The molecule has 3 unspecified atom stereocenters. The van der Waals surface area contributed by atoms with Crippen molar-refractivity contribution in [3.8, 4) is 0 Å². The zero-order valence-corrected chi connectivity index (χ0v) is 12.5. The summed E-state index contributed by atoms with van der Waals surface area (Å²) in [6.45, 7) is 3.20. The van der Waals surface area contributed by atoms with Crippen LogP contribution in [0.4, 0.5) is 0 Å². The van der Waals surface area contributed by atoms with Gasteiger partial charge in [0.2, 0.25) is 0 Å². The molecule has 2 rings (SSSR count). The van der Waals surface area contributed by atoms with Gasteiger partial charge in [-0.2, -0.15) is 11.8 Å². The van der Waals surface area contributed by atoms with E-state index in [4.69, 9.17) is 17.3 Å². The van der Waals surface area contributed by atoms with Gasteiger partial charge >= 0.3 is 0 Å². The highest BCUT2D eigenvalue weighted by molar-refractivity contribution is 7.99. The summed E-state index contributed by atoms with van der Waals surface area (Å²) in [6, 6.07) is 8.20. The molecular formula is C15H22ClNS. The second-order valence-corrected chi connectivity index (χ2v) is 7.05. The first-order valence-electron chi connectivity index (χ1n) is 6.75. The predicted molar refractivity (Wildman–Crippen MR) is 82.1 cm³/mol. The molecule has 0 heterocycles. The largest absolute Gasteiger partial charge is 0.330 e. The first-order valence-corrected chi connectivity index (χ1v) is 8.18. The van der Waals surface area contributed by atoms with Crippen LogP contribution in [0.1, 0.15) is 31.7 Å². The van der Waals surface area contributed by atoms with Gasteiger partial charge in [0.15, 0.2) is 0 Å². The number of hydrogen-bond donors (Lipinski definition) is 1. The van der Waals surface area contributed by atoms with Crippen molar-refractivity contribution in [2.24, 2.45) is 17.6 Å². The molecule has 0 bridgehead atoms. The van der Waals surface area contributed by atoms with E-state index in [9.17, 15) is 0 Å². The summed E-state index contributed by atoms with van der Waals surface area (Å²) >= 11 is 7.97. The Bertz CT molecular complexity index is 365. The van der Waals surface area contributed by atoms with Crippen molar-refractivity contribution in [1.82, 2.24) is 0 Å². The number of rotatable bonds is 4. The quantitative estimate of drug-likeness (QED) is 0.890. The van der Waals surface area contributed by atoms with Crippen molar-refractivity contribution in [2.75, 3.05) is 6.54 Å². The SMILES string of the molecule is CC1CCC(CN)C(SCc2ccc(Cl)cc2)C1. The molecule has 0 amide bonds. The Morgan fingerprint density at radius 1 is 1.28 bits per heavy atom. The van der Waals surface area contributed by atoms with E-state index in [0.717, 1.165) is 28.5 Å². The summed E-state index contributed by atoms with van der Waals surface area (Å²) in [6.07, 6.45) is 3.97. The van der Waals surface area contributed by atoms with E-state index in [1.807, 2.05) is 12.1 Å². The second-order valence-electron chi connectivity index (χ2n) is 5.39. The van der Waals surface area contributed by atoms with E-state index >= 15 is 0 Å². The van der Waals surface area contributed by atoms with Crippen LogP contribution in [0.5, 0.6) is 0 Å². The molecule has 1 saturated carbocycles. The topological polar surface area (TPSA) is 26.0 Å². The van der Waals surface area contributed by atoms with Crippen molar-refractivity contribution >= 4 is 23.4 Å². The molecule has 0 saturated heterocycles. The van der Waals surface area contributed by atoms with Crippen LogP contribution in [0.2, 0.25) is 5.02 Å². The van der Waals surface area contributed by atoms with Crippen molar-refractivity contribution in [1.29, 1.82) is 0 Å². The molecule has 1 aliphatic carbocycles. The number of nitrogens with two attached hydrogens (primary N) is 1. The Hall–Kier alpha value is -0.180. The van der Waals surface area contributed by atoms with Gasteiger partial charge in [-0.3, -0.25) is 0 Å². The fraction of sp³-hybridized carbons (Fsp3) is 0.600. The average Bonchev–Trinajstić information content (AvgIpc) is 2.38. The molecule has 0 aromatic heterocycles. The normalized spacial score (nSPS) is 28.3. The van der Waals surface area contributed by atoms with E-state index in [-0.39, 0.29) is 0 Å². The molecular weight excluding hydrogens is 262 g/mol. The average molecular weight is 284 g/mol. The third-order valence-corrected chi connectivity index (χ3v) is 5.63. The van der Waals surface area contributed by atoms with Crippen LogP contribution in [0.3, 0.4) is 0 Å². The van der Waals surface area contributed by atoms with E-state index < -0.39 is 0 Å². The molecule has 1 fully saturated rings. The fourth-order valence-corrected chi connectivity index (χ4v) is 4.36. The maximum atomic E-state index is 5.90. The Balaban J connectivity index is 1.89. The van der Waals surface area contributed by atoms with Crippen molar-refractivity contribution in [3.05, 3.63) is 34.9 Å². The summed E-state index contributed by atoms with van der Waals surface area (Å²) in [5, 5.41) is 1.55. The molecule has 100 valence electrons. The van der Waals surface area contributed by atoms with E-state index in [1.54, 1.807) is 0 Å². The Labute approximate surface area is 119 Å². The lowest BCUT2D eigenvalue weighted by Crippen LogP contribution is -2.31. The maximum Gasteiger partial charge on any atom is 0.0406 e. The van der Waals surface area contributed by atoms with Crippen molar-refractivity contribution in [3.63, 3.8) is 0 Å². The Morgan fingerprint density at radius 2 is 2.00 bits per heavy atom. The summed E-state index contributed by atoms with van der Waals surface area (Å²) in [7, 11) is 0. The highest BCUT2D eigenvalue weighted by Gasteiger charge is 2.27. The van der Waals surface area contributed by atoms with Crippen LogP contribution in [-0.2, 0) is 5.75 Å². The van der Waals surface area contributed by atoms with E-state index in [2.05, 4.69) is 30.8 Å². The van der Waals surface area contributed by atoms with Crippen molar-refractivity contribution in [2.45, 2.75) is 37.2 Å². The number of thioether (sulfide) groups is 1. The third-order valence-electron chi connectivity index (χ3n) is 3.87.